The molecule has 1 aromatic heterocycles. The van der Waals surface area contributed by atoms with E-state index in [0.717, 1.165) is 21.7 Å². The lowest BCUT2D eigenvalue weighted by Crippen LogP contribution is -2.34. The van der Waals surface area contributed by atoms with E-state index in [0.29, 0.717) is 5.00 Å². The summed E-state index contributed by atoms with van der Waals surface area (Å²) in [5, 5.41) is 42.1. The number of amidine groups is 1. The molecule has 6 N–H and O–H groups in total. The van der Waals surface area contributed by atoms with Crippen molar-refractivity contribution in [2.24, 2.45) is 0 Å². The average Bonchev–Trinajstić information content (AvgIpc) is 2.87. The molecule has 0 fully saturated rings. The van der Waals surface area contributed by atoms with Crippen LogP contribution in [0.5, 0.6) is 5.88 Å². The zero-order chi connectivity index (χ0) is 16.1. The van der Waals surface area contributed by atoms with Crippen LogP contribution < -0.4 is 10.6 Å². The summed E-state index contributed by atoms with van der Waals surface area (Å²) in [6.07, 6.45) is -0.975. The lowest BCUT2D eigenvalue weighted by molar-refractivity contribution is 0.0982. The third kappa shape index (κ3) is 4.17. The highest BCUT2D eigenvalue weighted by Crippen LogP contribution is 2.32. The quantitative estimate of drug-likeness (QED) is 0.331. The van der Waals surface area contributed by atoms with Crippen molar-refractivity contribution in [2.45, 2.75) is 6.10 Å². The van der Waals surface area contributed by atoms with E-state index in [-0.39, 0.29) is 23.8 Å². The van der Waals surface area contributed by atoms with Gasteiger partial charge < -0.3 is 26.0 Å². The van der Waals surface area contributed by atoms with Gasteiger partial charge in [0.2, 0.25) is 5.88 Å². The number of aliphatic hydroxyl groups is 2. The summed E-state index contributed by atoms with van der Waals surface area (Å²) in [7, 11) is 0. The number of aromatic nitrogens is 1. The van der Waals surface area contributed by atoms with E-state index < -0.39 is 12.7 Å². The van der Waals surface area contributed by atoms with E-state index >= 15 is 0 Å². The summed E-state index contributed by atoms with van der Waals surface area (Å²) < 4.78 is 4.77. The molecule has 2 aromatic rings. The van der Waals surface area contributed by atoms with Crippen molar-refractivity contribution in [3.05, 3.63) is 34.3 Å². The van der Waals surface area contributed by atoms with Crippen LogP contribution in [-0.4, -0.2) is 44.8 Å². The average molecular weight is 387 g/mol. The second-order valence-electron chi connectivity index (χ2n) is 4.43. The Kier molecular flexibility index (Phi) is 5.72. The summed E-state index contributed by atoms with van der Waals surface area (Å²) in [4.78, 5) is 0. The molecule has 0 amide bonds. The predicted octanol–water partition coefficient (Wildman–Crippen LogP) is 1.62. The van der Waals surface area contributed by atoms with Gasteiger partial charge in [-0.3, -0.25) is 5.41 Å². The minimum absolute atomic E-state index is 0.00233. The fourth-order valence-corrected chi connectivity index (χ4v) is 2.61. The van der Waals surface area contributed by atoms with Crippen LogP contribution in [0.25, 0.3) is 0 Å². The van der Waals surface area contributed by atoms with Gasteiger partial charge in [0.25, 0.3) is 0 Å². The van der Waals surface area contributed by atoms with Gasteiger partial charge in [0.1, 0.15) is 16.4 Å². The number of aliphatic hydroxyl groups excluding tert-OH is 2. The SMILES string of the molecule is N=C(NCC(O)CO)c1c(O)nsc1Nc1ccc(Br)cc1. The molecule has 1 unspecified atom stereocenters. The van der Waals surface area contributed by atoms with Crippen molar-refractivity contribution in [1.82, 2.24) is 9.69 Å². The van der Waals surface area contributed by atoms with Crippen molar-refractivity contribution in [3.8, 4) is 5.88 Å². The van der Waals surface area contributed by atoms with E-state index in [2.05, 4.69) is 30.9 Å². The molecule has 118 valence electrons. The summed E-state index contributed by atoms with van der Waals surface area (Å²) >= 11 is 4.38. The van der Waals surface area contributed by atoms with Gasteiger partial charge in [0, 0.05) is 16.7 Å². The van der Waals surface area contributed by atoms with E-state index in [9.17, 15) is 10.2 Å². The predicted molar refractivity (Wildman–Crippen MR) is 89.1 cm³/mol. The topological polar surface area (TPSA) is 121 Å². The minimum atomic E-state index is -0.975. The van der Waals surface area contributed by atoms with Crippen LogP contribution in [0.1, 0.15) is 5.56 Å². The van der Waals surface area contributed by atoms with Crippen LogP contribution in [0.2, 0.25) is 0 Å². The molecule has 2 rings (SSSR count). The Labute approximate surface area is 139 Å². The molecule has 1 atom stereocenters. The van der Waals surface area contributed by atoms with Crippen molar-refractivity contribution in [1.29, 1.82) is 5.41 Å². The fourth-order valence-electron chi connectivity index (χ4n) is 1.63. The molecule has 1 aromatic carbocycles. The Morgan fingerprint density at radius 3 is 2.68 bits per heavy atom. The van der Waals surface area contributed by atoms with Crippen LogP contribution >= 0.6 is 27.5 Å². The van der Waals surface area contributed by atoms with Crippen LogP contribution in [0.15, 0.2) is 28.7 Å². The molecule has 0 spiro atoms. The number of hydrogen-bond donors (Lipinski definition) is 6. The number of benzene rings is 1. The largest absolute Gasteiger partial charge is 0.492 e. The highest BCUT2D eigenvalue weighted by molar-refractivity contribution is 9.10. The zero-order valence-corrected chi connectivity index (χ0v) is 13.8. The molecule has 1 heterocycles. The second kappa shape index (κ2) is 7.54. The number of aromatic hydroxyl groups is 1. The Morgan fingerprint density at radius 1 is 1.36 bits per heavy atom. The van der Waals surface area contributed by atoms with Gasteiger partial charge in [0.05, 0.1) is 12.7 Å². The highest BCUT2D eigenvalue weighted by Gasteiger charge is 2.18. The summed E-state index contributed by atoms with van der Waals surface area (Å²) in [6.45, 7) is -0.402. The van der Waals surface area contributed by atoms with Gasteiger partial charge in [0.15, 0.2) is 0 Å². The Hall–Kier alpha value is -1.68. The third-order valence-electron chi connectivity index (χ3n) is 2.75. The van der Waals surface area contributed by atoms with Crippen molar-refractivity contribution in [3.63, 3.8) is 0 Å². The summed E-state index contributed by atoms with van der Waals surface area (Å²) in [5.74, 6) is -0.348. The Balaban J connectivity index is 2.13. The number of hydrogen-bond acceptors (Lipinski definition) is 7. The standard InChI is InChI=1S/C13H15BrN4O3S/c14-7-1-3-8(4-2-7)17-13-10(12(21)18-22-13)11(15)16-5-9(20)6-19/h1-4,9,17,19-20H,5-6H2,(H2,15,16)(H,18,21). The number of nitrogens with zero attached hydrogens (tertiary/aromatic N) is 1. The third-order valence-corrected chi connectivity index (χ3v) is 4.03. The number of nitrogens with one attached hydrogen (secondary N) is 3. The van der Waals surface area contributed by atoms with Crippen molar-refractivity contribution < 1.29 is 15.3 Å². The molecule has 22 heavy (non-hydrogen) atoms. The van der Waals surface area contributed by atoms with Gasteiger partial charge in [-0.25, -0.2) is 0 Å². The van der Waals surface area contributed by atoms with Gasteiger partial charge in [-0.2, -0.15) is 4.37 Å². The first-order valence-corrected chi connectivity index (χ1v) is 7.91. The maximum Gasteiger partial charge on any atom is 0.236 e. The van der Waals surface area contributed by atoms with Crippen LogP contribution in [0.3, 0.4) is 0 Å². The van der Waals surface area contributed by atoms with E-state index in [1.165, 1.54) is 0 Å². The van der Waals surface area contributed by atoms with Crippen molar-refractivity contribution in [2.75, 3.05) is 18.5 Å². The van der Waals surface area contributed by atoms with E-state index in [4.69, 9.17) is 10.5 Å². The molecule has 0 bridgehead atoms. The Bertz CT molecular complexity index is 647. The molecule has 0 saturated carbocycles. The first-order valence-electron chi connectivity index (χ1n) is 6.34. The molecule has 7 nitrogen and oxygen atoms in total. The molecule has 0 aliphatic heterocycles. The highest BCUT2D eigenvalue weighted by atomic mass is 79.9. The maximum absolute atomic E-state index is 9.81. The van der Waals surface area contributed by atoms with Crippen molar-refractivity contribution >= 4 is 44.0 Å². The van der Waals surface area contributed by atoms with Crippen LogP contribution in [0.4, 0.5) is 10.7 Å². The number of halogens is 1. The molecule has 0 aliphatic carbocycles. The first-order chi connectivity index (χ1) is 10.5. The van der Waals surface area contributed by atoms with E-state index in [1.54, 1.807) is 0 Å². The van der Waals surface area contributed by atoms with Gasteiger partial charge in [-0.05, 0) is 35.8 Å². The van der Waals surface area contributed by atoms with Gasteiger partial charge in [-0.15, -0.1) is 0 Å². The fraction of sp³-hybridized carbons (Fsp3) is 0.231. The second-order valence-corrected chi connectivity index (χ2v) is 6.12. The van der Waals surface area contributed by atoms with Crippen LogP contribution in [0, 0.1) is 5.41 Å². The molecule has 0 radical (unpaired) electrons. The lowest BCUT2D eigenvalue weighted by Gasteiger charge is -2.12. The summed E-state index contributed by atoms with van der Waals surface area (Å²) in [6, 6.07) is 7.42. The normalized spacial score (nSPS) is 12.0. The zero-order valence-electron chi connectivity index (χ0n) is 11.4. The smallest absolute Gasteiger partial charge is 0.236 e. The molecule has 0 saturated heterocycles. The maximum atomic E-state index is 9.81. The Morgan fingerprint density at radius 2 is 2.05 bits per heavy atom. The lowest BCUT2D eigenvalue weighted by atomic mass is 10.2. The number of anilines is 2. The summed E-state index contributed by atoms with van der Waals surface area (Å²) in [5.41, 5.74) is 1.01. The molecule has 0 aliphatic rings. The van der Waals surface area contributed by atoms with E-state index in [1.807, 2.05) is 24.3 Å². The van der Waals surface area contributed by atoms with Gasteiger partial charge >= 0.3 is 0 Å². The van der Waals surface area contributed by atoms with Gasteiger partial charge in [-0.1, -0.05) is 15.9 Å². The molecular formula is C13H15BrN4O3S. The minimum Gasteiger partial charge on any atom is -0.492 e. The first kappa shape index (κ1) is 16.7. The monoisotopic (exact) mass is 386 g/mol. The van der Waals surface area contributed by atoms with Crippen LogP contribution in [-0.2, 0) is 0 Å². The molecule has 9 heteroatoms. The molecular weight excluding hydrogens is 372 g/mol. The number of rotatable bonds is 6.